The maximum Gasteiger partial charge on any atom is 0.115 e. The number of phenols is 1. The van der Waals surface area contributed by atoms with Crippen LogP contribution >= 0.6 is 0 Å². The number of nitrogens with zero attached hydrogens (tertiary/aromatic N) is 1. The van der Waals surface area contributed by atoms with Crippen LogP contribution < -0.4 is 0 Å². The first-order chi connectivity index (χ1) is 7.19. The highest BCUT2D eigenvalue weighted by Gasteiger charge is 2.13. The molecule has 1 aromatic carbocycles. The maximum absolute atomic E-state index is 9.11. The highest BCUT2D eigenvalue weighted by molar-refractivity contribution is 6.00. The molecular formula is C12H14N2O. The number of phenolic OH excluding ortho intramolecular Hbond substituents is 1. The van der Waals surface area contributed by atoms with Crippen LogP contribution in [0.25, 0.3) is 0 Å². The molecule has 2 N–H and O–H groups in total. The van der Waals surface area contributed by atoms with E-state index in [1.54, 1.807) is 24.3 Å². The van der Waals surface area contributed by atoms with Gasteiger partial charge < -0.3 is 10.5 Å². The first-order valence-corrected chi connectivity index (χ1v) is 4.93. The van der Waals surface area contributed by atoms with E-state index < -0.39 is 0 Å². The average molecular weight is 202 g/mol. The molecule has 0 aliphatic heterocycles. The summed E-state index contributed by atoms with van der Waals surface area (Å²) >= 11 is 0. The van der Waals surface area contributed by atoms with Gasteiger partial charge in [-0.05, 0) is 36.2 Å². The number of aromatic hydroxyl groups is 1. The number of nitrogens with one attached hydrogen (secondary N) is 1. The van der Waals surface area contributed by atoms with Gasteiger partial charge in [0.05, 0.1) is 6.07 Å². The third-order valence-electron chi connectivity index (χ3n) is 2.42. The van der Waals surface area contributed by atoms with Gasteiger partial charge in [-0.15, -0.1) is 0 Å². The molecule has 1 rings (SSSR count). The molecule has 0 amide bonds. The fourth-order valence-electron chi connectivity index (χ4n) is 1.44. The van der Waals surface area contributed by atoms with E-state index in [0.717, 1.165) is 12.0 Å². The molecule has 0 unspecified atom stereocenters. The van der Waals surface area contributed by atoms with E-state index in [4.69, 9.17) is 15.8 Å². The lowest BCUT2D eigenvalue weighted by atomic mass is 9.92. The van der Waals surface area contributed by atoms with Crippen LogP contribution in [0.2, 0.25) is 0 Å². The first kappa shape index (κ1) is 11.3. The zero-order valence-corrected chi connectivity index (χ0v) is 8.70. The second-order valence-corrected chi connectivity index (χ2v) is 3.43. The monoisotopic (exact) mass is 202 g/mol. The summed E-state index contributed by atoms with van der Waals surface area (Å²) in [4.78, 5) is 0. The van der Waals surface area contributed by atoms with Crippen molar-refractivity contribution in [2.45, 2.75) is 19.8 Å². The van der Waals surface area contributed by atoms with E-state index in [0.29, 0.717) is 12.1 Å². The van der Waals surface area contributed by atoms with E-state index in [1.165, 1.54) is 0 Å². The Morgan fingerprint density at radius 1 is 1.47 bits per heavy atom. The Balaban J connectivity index is 2.84. The van der Waals surface area contributed by atoms with Crippen LogP contribution in [0.5, 0.6) is 5.75 Å². The average Bonchev–Trinajstić information content (AvgIpc) is 2.26. The zero-order chi connectivity index (χ0) is 11.3. The molecule has 0 heterocycles. The third kappa shape index (κ3) is 2.81. The fraction of sp³-hybridized carbons (Fsp3) is 0.333. The minimum Gasteiger partial charge on any atom is -0.508 e. The lowest BCUT2D eigenvalue weighted by Crippen LogP contribution is -2.13. The van der Waals surface area contributed by atoms with Crippen LogP contribution in [0.4, 0.5) is 0 Å². The molecule has 3 nitrogen and oxygen atoms in total. The van der Waals surface area contributed by atoms with Crippen molar-refractivity contribution in [3.05, 3.63) is 29.8 Å². The Bertz CT molecular complexity index is 376. The van der Waals surface area contributed by atoms with E-state index in [2.05, 4.69) is 6.07 Å². The molecular weight excluding hydrogens is 188 g/mol. The van der Waals surface area contributed by atoms with Gasteiger partial charge >= 0.3 is 0 Å². The molecule has 0 bridgehead atoms. The number of benzene rings is 1. The SMILES string of the molecule is CC[C@@H](CC#N)C(=N)c1ccc(O)cc1. The highest BCUT2D eigenvalue weighted by atomic mass is 16.3. The predicted octanol–water partition coefficient (Wildman–Crippen LogP) is 2.70. The largest absolute Gasteiger partial charge is 0.508 e. The summed E-state index contributed by atoms with van der Waals surface area (Å²) < 4.78 is 0. The number of nitriles is 1. The van der Waals surface area contributed by atoms with Gasteiger partial charge in [0.15, 0.2) is 0 Å². The van der Waals surface area contributed by atoms with E-state index in [-0.39, 0.29) is 11.7 Å². The smallest absolute Gasteiger partial charge is 0.115 e. The quantitative estimate of drug-likeness (QED) is 0.737. The summed E-state index contributed by atoms with van der Waals surface area (Å²) in [7, 11) is 0. The van der Waals surface area contributed by atoms with Crippen LogP contribution in [-0.2, 0) is 0 Å². The van der Waals surface area contributed by atoms with Gasteiger partial charge in [0.1, 0.15) is 5.75 Å². The Hall–Kier alpha value is -1.82. The number of hydrogen-bond donors (Lipinski definition) is 2. The topological polar surface area (TPSA) is 67.9 Å². The van der Waals surface area contributed by atoms with Gasteiger partial charge in [-0.1, -0.05) is 6.92 Å². The van der Waals surface area contributed by atoms with Gasteiger partial charge in [-0.25, -0.2) is 0 Å². The fourth-order valence-corrected chi connectivity index (χ4v) is 1.44. The molecule has 15 heavy (non-hydrogen) atoms. The van der Waals surface area contributed by atoms with Gasteiger partial charge in [-0.3, -0.25) is 0 Å². The number of hydrogen-bond acceptors (Lipinski definition) is 3. The molecule has 0 aromatic heterocycles. The van der Waals surface area contributed by atoms with E-state index in [1.807, 2.05) is 6.92 Å². The molecule has 0 spiro atoms. The lowest BCUT2D eigenvalue weighted by molar-refractivity contribution is 0.475. The summed E-state index contributed by atoms with van der Waals surface area (Å²) in [5.74, 6) is 0.180. The lowest BCUT2D eigenvalue weighted by Gasteiger charge is -2.12. The van der Waals surface area contributed by atoms with Crippen LogP contribution in [-0.4, -0.2) is 10.8 Å². The van der Waals surface area contributed by atoms with Crippen molar-refractivity contribution in [1.29, 1.82) is 10.7 Å². The molecule has 78 valence electrons. The minimum absolute atomic E-state index is 0.0143. The van der Waals surface area contributed by atoms with Crippen LogP contribution in [0, 0.1) is 22.7 Å². The normalized spacial score (nSPS) is 11.7. The van der Waals surface area contributed by atoms with Crippen molar-refractivity contribution < 1.29 is 5.11 Å². The van der Waals surface area contributed by atoms with Crippen molar-refractivity contribution >= 4 is 5.71 Å². The van der Waals surface area contributed by atoms with Crippen LogP contribution in [0.1, 0.15) is 25.3 Å². The Kier molecular flexibility index (Phi) is 3.87. The van der Waals surface area contributed by atoms with Crippen molar-refractivity contribution in [2.75, 3.05) is 0 Å². The van der Waals surface area contributed by atoms with Crippen molar-refractivity contribution in [3.63, 3.8) is 0 Å². The standard InChI is InChI=1S/C12H14N2O/c1-2-9(7-8-13)12(14)10-3-5-11(15)6-4-10/h3-6,9,14-15H,2,7H2,1H3/t9-/m0/s1. The second-order valence-electron chi connectivity index (χ2n) is 3.43. The summed E-state index contributed by atoms with van der Waals surface area (Å²) in [6.45, 7) is 1.97. The van der Waals surface area contributed by atoms with E-state index in [9.17, 15) is 0 Å². The van der Waals surface area contributed by atoms with Gasteiger partial charge in [0.25, 0.3) is 0 Å². The highest BCUT2D eigenvalue weighted by Crippen LogP contribution is 2.17. The van der Waals surface area contributed by atoms with E-state index >= 15 is 0 Å². The molecule has 0 aliphatic rings. The second kappa shape index (κ2) is 5.16. The first-order valence-electron chi connectivity index (χ1n) is 4.93. The Morgan fingerprint density at radius 2 is 2.07 bits per heavy atom. The van der Waals surface area contributed by atoms with Crippen LogP contribution in [0.15, 0.2) is 24.3 Å². The van der Waals surface area contributed by atoms with Crippen LogP contribution in [0.3, 0.4) is 0 Å². The number of rotatable bonds is 4. The maximum atomic E-state index is 9.11. The summed E-state index contributed by atoms with van der Waals surface area (Å²) in [6.07, 6.45) is 1.16. The zero-order valence-electron chi connectivity index (χ0n) is 8.70. The molecule has 0 fully saturated rings. The van der Waals surface area contributed by atoms with Gasteiger partial charge in [0, 0.05) is 18.1 Å². The molecule has 0 saturated carbocycles. The van der Waals surface area contributed by atoms with Crippen molar-refractivity contribution in [3.8, 4) is 11.8 Å². The summed E-state index contributed by atoms with van der Waals surface area (Å²) in [6, 6.07) is 8.62. The molecule has 0 aliphatic carbocycles. The van der Waals surface area contributed by atoms with Gasteiger partial charge in [0.2, 0.25) is 0 Å². The molecule has 0 radical (unpaired) electrons. The molecule has 1 aromatic rings. The van der Waals surface area contributed by atoms with Crippen molar-refractivity contribution in [2.24, 2.45) is 5.92 Å². The van der Waals surface area contributed by atoms with Crippen molar-refractivity contribution in [1.82, 2.24) is 0 Å². The Morgan fingerprint density at radius 3 is 2.53 bits per heavy atom. The van der Waals surface area contributed by atoms with Gasteiger partial charge in [-0.2, -0.15) is 5.26 Å². The minimum atomic E-state index is -0.0143. The molecule has 3 heteroatoms. The molecule has 1 atom stereocenters. The summed E-state index contributed by atoms with van der Waals surface area (Å²) in [5, 5.41) is 25.7. The third-order valence-corrected chi connectivity index (χ3v) is 2.42. The Labute approximate surface area is 89.5 Å². The summed E-state index contributed by atoms with van der Waals surface area (Å²) in [5.41, 5.74) is 1.24. The molecule has 0 saturated heterocycles. The predicted molar refractivity (Wildman–Crippen MR) is 58.9 cm³/mol.